The van der Waals surface area contributed by atoms with Crippen LogP contribution in [0, 0.1) is 0 Å². The fourth-order valence-corrected chi connectivity index (χ4v) is 1.46. The summed E-state index contributed by atoms with van der Waals surface area (Å²) in [5.41, 5.74) is 1.63. The standard InChI is InChI=1S/C8H7BrN2O/c1-10-8-11-6-4-2-3-5(9)7(6)12-8/h2-4H,1H3,(H,10,11). The van der Waals surface area contributed by atoms with Crippen molar-refractivity contribution in [3.05, 3.63) is 22.7 Å². The molecule has 2 rings (SSSR count). The summed E-state index contributed by atoms with van der Waals surface area (Å²) in [6, 6.07) is 6.29. The molecule has 1 N–H and O–H groups in total. The lowest BCUT2D eigenvalue weighted by molar-refractivity contribution is 0.618. The number of benzene rings is 1. The maximum Gasteiger partial charge on any atom is 0.295 e. The highest BCUT2D eigenvalue weighted by molar-refractivity contribution is 9.10. The number of halogens is 1. The third kappa shape index (κ3) is 1.08. The predicted molar refractivity (Wildman–Crippen MR) is 51.3 cm³/mol. The number of oxazole rings is 1. The second-order valence-corrected chi connectivity index (χ2v) is 3.21. The molecule has 0 bridgehead atoms. The Labute approximate surface area is 77.9 Å². The number of hydrogen-bond donors (Lipinski definition) is 1. The first-order chi connectivity index (χ1) is 5.81. The zero-order chi connectivity index (χ0) is 8.55. The second kappa shape index (κ2) is 2.79. The number of hydrogen-bond acceptors (Lipinski definition) is 3. The minimum atomic E-state index is 0.539. The van der Waals surface area contributed by atoms with Crippen molar-refractivity contribution in [2.75, 3.05) is 12.4 Å². The normalized spacial score (nSPS) is 10.5. The predicted octanol–water partition coefficient (Wildman–Crippen LogP) is 2.63. The van der Waals surface area contributed by atoms with Gasteiger partial charge in [0, 0.05) is 7.05 Å². The third-order valence-electron chi connectivity index (χ3n) is 1.58. The SMILES string of the molecule is CNc1nc2cccc(Br)c2o1. The first-order valence-electron chi connectivity index (χ1n) is 3.54. The van der Waals surface area contributed by atoms with Crippen LogP contribution in [0.25, 0.3) is 11.1 Å². The van der Waals surface area contributed by atoms with Gasteiger partial charge in [-0.3, -0.25) is 0 Å². The molecule has 1 heterocycles. The van der Waals surface area contributed by atoms with E-state index >= 15 is 0 Å². The molecular formula is C8H7BrN2O. The Morgan fingerprint density at radius 1 is 1.50 bits per heavy atom. The Balaban J connectivity index is 2.74. The lowest BCUT2D eigenvalue weighted by atomic mass is 10.3. The summed E-state index contributed by atoms with van der Waals surface area (Å²) in [4.78, 5) is 4.18. The molecule has 0 unspecified atom stereocenters. The van der Waals surface area contributed by atoms with Crippen molar-refractivity contribution in [1.82, 2.24) is 4.98 Å². The van der Waals surface area contributed by atoms with Gasteiger partial charge in [-0.05, 0) is 28.1 Å². The summed E-state index contributed by atoms with van der Waals surface area (Å²) in [5.74, 6) is 0. The molecule has 4 heteroatoms. The highest BCUT2D eigenvalue weighted by Gasteiger charge is 2.05. The maximum atomic E-state index is 5.38. The van der Waals surface area contributed by atoms with Gasteiger partial charge in [-0.1, -0.05) is 6.07 Å². The van der Waals surface area contributed by atoms with E-state index in [4.69, 9.17) is 4.42 Å². The summed E-state index contributed by atoms with van der Waals surface area (Å²) in [6.45, 7) is 0. The van der Waals surface area contributed by atoms with Crippen LogP contribution in [0.1, 0.15) is 0 Å². The lowest BCUT2D eigenvalue weighted by Gasteiger charge is -1.88. The molecule has 0 radical (unpaired) electrons. The number of nitrogens with one attached hydrogen (secondary N) is 1. The maximum absolute atomic E-state index is 5.38. The number of para-hydroxylation sites is 1. The van der Waals surface area contributed by atoms with E-state index in [9.17, 15) is 0 Å². The number of anilines is 1. The van der Waals surface area contributed by atoms with Crippen LogP contribution in [0.15, 0.2) is 27.1 Å². The fraction of sp³-hybridized carbons (Fsp3) is 0.125. The molecule has 0 spiro atoms. The zero-order valence-corrected chi connectivity index (χ0v) is 8.05. The highest BCUT2D eigenvalue weighted by atomic mass is 79.9. The molecule has 62 valence electrons. The number of aromatic nitrogens is 1. The molecule has 0 saturated carbocycles. The fourth-order valence-electron chi connectivity index (χ4n) is 1.02. The lowest BCUT2D eigenvalue weighted by Crippen LogP contribution is -1.85. The molecule has 1 aromatic heterocycles. The van der Waals surface area contributed by atoms with Gasteiger partial charge in [-0.15, -0.1) is 0 Å². The molecule has 0 saturated heterocycles. The van der Waals surface area contributed by atoms with Crippen molar-refractivity contribution in [3.63, 3.8) is 0 Å². The Hall–Kier alpha value is -1.03. The van der Waals surface area contributed by atoms with Gasteiger partial charge in [-0.25, -0.2) is 0 Å². The number of nitrogens with zero attached hydrogens (tertiary/aromatic N) is 1. The van der Waals surface area contributed by atoms with E-state index in [1.165, 1.54) is 0 Å². The summed E-state index contributed by atoms with van der Waals surface area (Å²) in [6.07, 6.45) is 0. The van der Waals surface area contributed by atoms with E-state index < -0.39 is 0 Å². The van der Waals surface area contributed by atoms with E-state index in [2.05, 4.69) is 26.2 Å². The molecule has 0 fully saturated rings. The van der Waals surface area contributed by atoms with Crippen LogP contribution in [-0.4, -0.2) is 12.0 Å². The van der Waals surface area contributed by atoms with Crippen LogP contribution < -0.4 is 5.32 Å². The van der Waals surface area contributed by atoms with Crippen LogP contribution in [-0.2, 0) is 0 Å². The van der Waals surface area contributed by atoms with E-state index in [0.29, 0.717) is 6.01 Å². The largest absolute Gasteiger partial charge is 0.422 e. The van der Waals surface area contributed by atoms with Gasteiger partial charge in [-0.2, -0.15) is 4.98 Å². The van der Waals surface area contributed by atoms with Crippen molar-refractivity contribution in [3.8, 4) is 0 Å². The summed E-state index contributed by atoms with van der Waals surface area (Å²) in [7, 11) is 1.78. The van der Waals surface area contributed by atoms with E-state index in [-0.39, 0.29) is 0 Å². The van der Waals surface area contributed by atoms with Crippen molar-refractivity contribution in [2.24, 2.45) is 0 Å². The molecular weight excluding hydrogens is 220 g/mol. The average Bonchev–Trinajstić information content (AvgIpc) is 2.49. The van der Waals surface area contributed by atoms with Crippen LogP contribution in [0.2, 0.25) is 0 Å². The van der Waals surface area contributed by atoms with Gasteiger partial charge >= 0.3 is 0 Å². The van der Waals surface area contributed by atoms with Gasteiger partial charge in [0.2, 0.25) is 0 Å². The average molecular weight is 227 g/mol. The molecule has 3 nitrogen and oxygen atoms in total. The second-order valence-electron chi connectivity index (χ2n) is 2.36. The van der Waals surface area contributed by atoms with E-state index in [1.54, 1.807) is 7.05 Å². The van der Waals surface area contributed by atoms with Gasteiger partial charge in [0.15, 0.2) is 5.58 Å². The molecule has 2 aromatic rings. The number of fused-ring (bicyclic) bond motifs is 1. The summed E-state index contributed by atoms with van der Waals surface area (Å²) >= 11 is 3.38. The van der Waals surface area contributed by atoms with Crippen LogP contribution >= 0.6 is 15.9 Å². The monoisotopic (exact) mass is 226 g/mol. The minimum absolute atomic E-state index is 0.539. The van der Waals surface area contributed by atoms with Crippen LogP contribution in [0.3, 0.4) is 0 Å². The molecule has 0 aliphatic rings. The van der Waals surface area contributed by atoms with Gasteiger partial charge in [0.25, 0.3) is 6.01 Å². The van der Waals surface area contributed by atoms with Gasteiger partial charge in [0.1, 0.15) is 5.52 Å². The van der Waals surface area contributed by atoms with Crippen LogP contribution in [0.4, 0.5) is 6.01 Å². The Kier molecular flexibility index (Phi) is 1.77. The Bertz CT molecular complexity index is 410. The Morgan fingerprint density at radius 2 is 2.33 bits per heavy atom. The van der Waals surface area contributed by atoms with Crippen molar-refractivity contribution in [1.29, 1.82) is 0 Å². The molecule has 0 aliphatic carbocycles. The van der Waals surface area contributed by atoms with Crippen LogP contribution in [0.5, 0.6) is 0 Å². The third-order valence-corrected chi connectivity index (χ3v) is 2.21. The van der Waals surface area contributed by atoms with E-state index in [1.807, 2.05) is 18.2 Å². The van der Waals surface area contributed by atoms with Crippen molar-refractivity contribution >= 4 is 33.0 Å². The zero-order valence-electron chi connectivity index (χ0n) is 6.47. The summed E-state index contributed by atoms with van der Waals surface area (Å²) in [5, 5.41) is 2.84. The molecule has 12 heavy (non-hydrogen) atoms. The van der Waals surface area contributed by atoms with Crippen molar-refractivity contribution in [2.45, 2.75) is 0 Å². The van der Waals surface area contributed by atoms with E-state index in [0.717, 1.165) is 15.6 Å². The first kappa shape index (κ1) is 7.61. The molecule has 0 atom stereocenters. The highest BCUT2D eigenvalue weighted by Crippen LogP contribution is 2.25. The molecule has 1 aromatic carbocycles. The summed E-state index contributed by atoms with van der Waals surface area (Å²) < 4.78 is 6.30. The minimum Gasteiger partial charge on any atom is -0.422 e. The first-order valence-corrected chi connectivity index (χ1v) is 4.33. The molecule has 0 aliphatic heterocycles. The van der Waals surface area contributed by atoms with Crippen molar-refractivity contribution < 1.29 is 4.42 Å². The van der Waals surface area contributed by atoms with Gasteiger partial charge in [0.05, 0.1) is 4.47 Å². The van der Waals surface area contributed by atoms with Gasteiger partial charge < -0.3 is 9.73 Å². The molecule has 0 amide bonds. The Morgan fingerprint density at radius 3 is 3.00 bits per heavy atom. The number of rotatable bonds is 1. The smallest absolute Gasteiger partial charge is 0.295 e. The quantitative estimate of drug-likeness (QED) is 0.813. The topological polar surface area (TPSA) is 38.1 Å².